The van der Waals surface area contributed by atoms with Gasteiger partial charge in [-0.05, 0) is 193 Å². The molecular formula is C82H74N6. The topological polar surface area (TPSA) is 67.3 Å². The Morgan fingerprint density at radius 3 is 1.57 bits per heavy atom. The summed E-state index contributed by atoms with van der Waals surface area (Å²) in [4.78, 5) is 0. The van der Waals surface area contributed by atoms with Gasteiger partial charge in [-0.1, -0.05) is 174 Å². The second kappa shape index (κ2) is 21.8. The summed E-state index contributed by atoms with van der Waals surface area (Å²) in [5, 5.41) is 29.5. The quantitative estimate of drug-likeness (QED) is 0.129. The lowest BCUT2D eigenvalue weighted by atomic mass is 9.82. The zero-order valence-electron chi connectivity index (χ0n) is 51.1. The molecule has 0 saturated heterocycles. The number of rotatable bonds is 11. The third-order valence-corrected chi connectivity index (χ3v) is 21.4. The largest absolute Gasteiger partial charge is 0.307 e. The summed E-state index contributed by atoms with van der Waals surface area (Å²) >= 11 is 0. The van der Waals surface area contributed by atoms with Crippen LogP contribution < -0.4 is 0 Å². The van der Waals surface area contributed by atoms with E-state index in [1.165, 1.54) is 66.2 Å². The normalized spacial score (nSPS) is 20.3. The second-order valence-electron chi connectivity index (χ2n) is 26.0. The van der Waals surface area contributed by atoms with Crippen LogP contribution in [-0.2, 0) is 32.1 Å². The Labute approximate surface area is 517 Å². The Hall–Kier alpha value is -9.36. The Kier molecular flexibility index (Phi) is 13.4. The van der Waals surface area contributed by atoms with Crippen molar-refractivity contribution in [2.75, 3.05) is 0 Å². The Bertz CT molecular complexity index is 4790. The number of fused-ring (bicyclic) bond motifs is 12. The van der Waals surface area contributed by atoms with Crippen LogP contribution in [0.4, 0.5) is 0 Å². The standard InChI is InChI=1S/C82H74N6/c1-5-51(3)56-34-39-77-67(44-56)68-45-57(52(4)6-2)35-40-78(68)85(77)79-69(49-83)80(86-71-31-19-16-28-61(71)64-46-58(36-41-74(64)86)53-22-10-7-11-23-53)82(88-73-33-21-18-30-63(73)66-48-60(38-43-76(66)88)55-26-14-9-15-27-55)81(70(79)50-84)87-72-32-20-17-29-62(72)65-47-59(37-42-75(65)87)54-24-12-8-13-25-54/h7,10-12,14,16,18-28,30-44,51-52,57-60H,5-6,8-9,13,15,17,29,45-48H2,1-4H3. The lowest BCUT2D eigenvalue weighted by molar-refractivity contribution is 0.413. The molecule has 88 heavy (non-hydrogen) atoms. The fourth-order valence-electron chi connectivity index (χ4n) is 16.4. The molecule has 0 spiro atoms. The number of allylic oxidation sites excluding steroid dienone is 13. The van der Waals surface area contributed by atoms with E-state index in [4.69, 9.17) is 0 Å². The fourth-order valence-corrected chi connectivity index (χ4v) is 16.4. The van der Waals surface area contributed by atoms with Crippen molar-refractivity contribution in [2.45, 2.75) is 117 Å². The molecule has 0 fully saturated rings. The first-order chi connectivity index (χ1) is 43.3. The third-order valence-electron chi connectivity index (χ3n) is 21.4. The first kappa shape index (κ1) is 54.1. The summed E-state index contributed by atoms with van der Waals surface area (Å²) < 4.78 is 9.82. The minimum Gasteiger partial charge on any atom is -0.307 e. The van der Waals surface area contributed by atoms with Crippen LogP contribution in [0, 0.1) is 46.3 Å². The molecule has 4 aromatic heterocycles. The molecule has 5 aromatic carbocycles. The minimum absolute atomic E-state index is 0.159. The predicted octanol–water partition coefficient (Wildman–Crippen LogP) is 20.0. The molecular weight excluding hydrogens is 1070 g/mol. The number of hydrogen-bond donors (Lipinski definition) is 0. The number of nitrogens with zero attached hydrogens (tertiary/aromatic N) is 6. The van der Waals surface area contributed by atoms with Crippen molar-refractivity contribution in [3.05, 3.63) is 254 Å². The highest BCUT2D eigenvalue weighted by Gasteiger charge is 2.40. The molecule has 0 N–H and O–H groups in total. The van der Waals surface area contributed by atoms with Crippen LogP contribution in [-0.4, -0.2) is 18.3 Å². The summed E-state index contributed by atoms with van der Waals surface area (Å²) in [5.41, 5.74) is 24.4. The minimum atomic E-state index is 0.159. The first-order valence-electron chi connectivity index (χ1n) is 32.8. The van der Waals surface area contributed by atoms with Crippen molar-refractivity contribution in [3.8, 4) is 34.9 Å². The van der Waals surface area contributed by atoms with Gasteiger partial charge in [0.05, 0.1) is 39.3 Å². The van der Waals surface area contributed by atoms with Gasteiger partial charge in [0.15, 0.2) is 0 Å². The Morgan fingerprint density at radius 1 is 0.443 bits per heavy atom. The lowest BCUT2D eigenvalue weighted by Gasteiger charge is -2.30. The molecule has 6 atom stereocenters. The van der Waals surface area contributed by atoms with E-state index < -0.39 is 0 Å². The third kappa shape index (κ3) is 8.39. The van der Waals surface area contributed by atoms with E-state index in [0.29, 0.717) is 34.6 Å². The molecule has 0 saturated carbocycles. The van der Waals surface area contributed by atoms with E-state index in [1.807, 2.05) is 0 Å². The van der Waals surface area contributed by atoms with Gasteiger partial charge in [-0.15, -0.1) is 0 Å². The number of para-hydroxylation sites is 2. The maximum atomic E-state index is 13.0. The van der Waals surface area contributed by atoms with Gasteiger partial charge < -0.3 is 18.3 Å². The number of hydrogen-bond acceptors (Lipinski definition) is 2. The predicted molar refractivity (Wildman–Crippen MR) is 365 cm³/mol. The second-order valence-corrected chi connectivity index (χ2v) is 26.0. The van der Waals surface area contributed by atoms with Crippen LogP contribution in [0.5, 0.6) is 0 Å². The molecule has 7 aliphatic rings. The molecule has 0 aliphatic heterocycles. The van der Waals surface area contributed by atoms with E-state index in [2.05, 4.69) is 252 Å². The fraction of sp³-hybridized carbons (Fsp3) is 0.268. The maximum absolute atomic E-state index is 13.0. The SMILES string of the molecule is CCC(C)c1ccc2c(c1)c1c(n2-c2c(C#N)c(-n3c4c(c5c3C=CC(C3=CCCC=C3)C5)CCC=C4)c(-n3c4c(c5ccccc53)CC(C3=CCCC=C3)C=C4)c(-n3c4c(c5ccccc53)CC(c3ccccc3)C=C4)c2C#N)C=CC(C(C)CC)C1. The van der Waals surface area contributed by atoms with Crippen molar-refractivity contribution in [3.63, 3.8) is 0 Å². The van der Waals surface area contributed by atoms with Crippen molar-refractivity contribution in [1.29, 1.82) is 10.5 Å². The molecule has 6 unspecified atom stereocenters. The van der Waals surface area contributed by atoms with Crippen molar-refractivity contribution >= 4 is 63.1 Å². The van der Waals surface area contributed by atoms with Gasteiger partial charge >= 0.3 is 0 Å². The van der Waals surface area contributed by atoms with Crippen molar-refractivity contribution in [1.82, 2.24) is 18.3 Å². The number of aromatic nitrogens is 4. The van der Waals surface area contributed by atoms with Crippen LogP contribution >= 0.6 is 0 Å². The lowest BCUT2D eigenvalue weighted by Crippen LogP contribution is -2.21. The van der Waals surface area contributed by atoms with Gasteiger partial charge in [-0.2, -0.15) is 10.5 Å². The van der Waals surface area contributed by atoms with Crippen LogP contribution in [0.3, 0.4) is 0 Å². The molecule has 6 heteroatoms. The molecule has 7 aliphatic carbocycles. The van der Waals surface area contributed by atoms with E-state index in [-0.39, 0.29) is 17.8 Å². The van der Waals surface area contributed by atoms with Crippen LogP contribution in [0.1, 0.15) is 163 Å². The number of nitriles is 2. The van der Waals surface area contributed by atoms with Gasteiger partial charge in [0.1, 0.15) is 23.3 Å². The molecule has 0 bridgehead atoms. The highest BCUT2D eigenvalue weighted by atomic mass is 15.1. The molecule has 4 heterocycles. The van der Waals surface area contributed by atoms with Gasteiger partial charge in [-0.3, -0.25) is 0 Å². The molecule has 16 rings (SSSR count). The van der Waals surface area contributed by atoms with E-state index >= 15 is 0 Å². The highest BCUT2D eigenvalue weighted by Crippen LogP contribution is 2.52. The zero-order chi connectivity index (χ0) is 59.3. The average molecular weight is 1140 g/mol. The molecule has 9 aromatic rings. The van der Waals surface area contributed by atoms with Gasteiger partial charge in [-0.25, -0.2) is 0 Å². The Balaban J connectivity index is 1.11. The number of benzene rings is 5. The molecule has 0 amide bonds. The molecule has 6 nitrogen and oxygen atoms in total. The van der Waals surface area contributed by atoms with Gasteiger partial charge in [0.2, 0.25) is 0 Å². The van der Waals surface area contributed by atoms with Gasteiger partial charge in [0.25, 0.3) is 0 Å². The maximum Gasteiger partial charge on any atom is 0.104 e. The summed E-state index contributed by atoms with van der Waals surface area (Å²) in [6.45, 7) is 9.30. The average Bonchev–Trinajstić information content (AvgIpc) is 1.47. The van der Waals surface area contributed by atoms with E-state index in [9.17, 15) is 10.5 Å². The summed E-state index contributed by atoms with van der Waals surface area (Å²) in [7, 11) is 0. The smallest absolute Gasteiger partial charge is 0.104 e. The molecule has 432 valence electrons. The first-order valence-corrected chi connectivity index (χ1v) is 32.8. The van der Waals surface area contributed by atoms with E-state index in [0.717, 1.165) is 139 Å². The monoisotopic (exact) mass is 1140 g/mol. The van der Waals surface area contributed by atoms with Crippen LogP contribution in [0.25, 0.3) is 85.8 Å². The summed E-state index contributed by atoms with van der Waals surface area (Å²) in [6.07, 6.45) is 49.6. The summed E-state index contributed by atoms with van der Waals surface area (Å²) in [6, 6.07) is 41.9. The van der Waals surface area contributed by atoms with Crippen molar-refractivity contribution < 1.29 is 0 Å². The van der Waals surface area contributed by atoms with Crippen molar-refractivity contribution in [2.24, 2.45) is 23.7 Å². The Morgan fingerprint density at radius 2 is 0.955 bits per heavy atom. The molecule has 0 radical (unpaired) electrons. The van der Waals surface area contributed by atoms with E-state index in [1.54, 1.807) is 0 Å². The van der Waals surface area contributed by atoms with Crippen LogP contribution in [0.15, 0.2) is 175 Å². The van der Waals surface area contributed by atoms with Gasteiger partial charge in [0, 0.05) is 62.4 Å². The highest BCUT2D eigenvalue weighted by molar-refractivity contribution is 6.00. The van der Waals surface area contributed by atoms with Crippen LogP contribution in [0.2, 0.25) is 0 Å². The summed E-state index contributed by atoms with van der Waals surface area (Å²) in [5.74, 6) is 1.78. The zero-order valence-corrected chi connectivity index (χ0v) is 51.1.